The number of anilines is 1. The minimum atomic E-state index is -0.0671. The van der Waals surface area contributed by atoms with Crippen LogP contribution in [0.5, 0.6) is 0 Å². The number of amides is 1. The Balaban J connectivity index is 2.11. The van der Waals surface area contributed by atoms with Crippen LogP contribution in [0.4, 0.5) is 5.82 Å². The lowest BCUT2D eigenvalue weighted by molar-refractivity contribution is 0.0672. The van der Waals surface area contributed by atoms with Crippen molar-refractivity contribution < 1.29 is 4.79 Å². The Kier molecular flexibility index (Phi) is 6.83. The van der Waals surface area contributed by atoms with Crippen LogP contribution in [-0.2, 0) is 13.6 Å². The molecule has 2 aromatic carbocycles. The minimum absolute atomic E-state index is 0.0487. The van der Waals surface area contributed by atoms with E-state index in [2.05, 4.69) is 26.0 Å². The molecule has 0 fully saturated rings. The van der Waals surface area contributed by atoms with E-state index < -0.39 is 0 Å². The maximum absolute atomic E-state index is 13.5. The van der Waals surface area contributed by atoms with Gasteiger partial charge in [-0.1, -0.05) is 61.0 Å². The van der Waals surface area contributed by atoms with Crippen LogP contribution < -0.4 is 4.90 Å². The van der Waals surface area contributed by atoms with Gasteiger partial charge in [0.1, 0.15) is 5.82 Å². The Labute approximate surface area is 183 Å². The van der Waals surface area contributed by atoms with Gasteiger partial charge in [0.05, 0.1) is 22.8 Å². The summed E-state index contributed by atoms with van der Waals surface area (Å²) in [6.45, 7) is 4.61. The summed E-state index contributed by atoms with van der Waals surface area (Å²) in [5, 5.41) is 5.27. The molecule has 0 unspecified atom stereocenters. The summed E-state index contributed by atoms with van der Waals surface area (Å²) in [4.78, 5) is 17.5. The molecule has 158 valence electrons. The largest absolute Gasteiger partial charge is 0.363 e. The molecular formula is C24H29ClN4O. The summed E-state index contributed by atoms with van der Waals surface area (Å²) in [6, 6.07) is 17.4. The van der Waals surface area contributed by atoms with Gasteiger partial charge in [-0.15, -0.1) is 0 Å². The van der Waals surface area contributed by atoms with E-state index in [0.29, 0.717) is 17.1 Å². The van der Waals surface area contributed by atoms with E-state index in [1.165, 1.54) is 0 Å². The summed E-state index contributed by atoms with van der Waals surface area (Å²) in [7, 11) is 5.94. The van der Waals surface area contributed by atoms with E-state index in [0.717, 1.165) is 29.1 Å². The van der Waals surface area contributed by atoms with Crippen LogP contribution in [0.15, 0.2) is 54.6 Å². The molecule has 0 aliphatic heterocycles. The van der Waals surface area contributed by atoms with Crippen molar-refractivity contribution in [2.24, 2.45) is 7.05 Å². The van der Waals surface area contributed by atoms with Gasteiger partial charge in [-0.05, 0) is 25.5 Å². The van der Waals surface area contributed by atoms with Gasteiger partial charge in [-0.25, -0.2) is 0 Å². The van der Waals surface area contributed by atoms with E-state index in [1.807, 2.05) is 66.0 Å². The molecule has 1 atom stereocenters. The number of nitrogens with zero attached hydrogens (tertiary/aromatic N) is 4. The van der Waals surface area contributed by atoms with Crippen LogP contribution >= 0.6 is 11.6 Å². The van der Waals surface area contributed by atoms with Crippen LogP contribution in [0.25, 0.3) is 11.3 Å². The van der Waals surface area contributed by atoms with Gasteiger partial charge in [0, 0.05) is 38.3 Å². The molecule has 0 saturated heterocycles. The van der Waals surface area contributed by atoms with Crippen LogP contribution in [0.1, 0.15) is 36.2 Å². The predicted molar refractivity (Wildman–Crippen MR) is 124 cm³/mol. The summed E-state index contributed by atoms with van der Waals surface area (Å²) in [5.74, 6) is 0.914. The molecule has 0 N–H and O–H groups in total. The van der Waals surface area contributed by atoms with Crippen molar-refractivity contribution in [3.63, 3.8) is 0 Å². The third-order valence-electron chi connectivity index (χ3n) is 5.40. The number of rotatable bonds is 7. The SMILES string of the molecule is CC[C@@H](C)N(Cc1c(-c2ccccc2)nn(C)c1N(C)C)C(=O)c1ccccc1Cl. The molecule has 3 aromatic rings. The van der Waals surface area contributed by atoms with Gasteiger partial charge in [-0.2, -0.15) is 5.10 Å². The fraction of sp³-hybridized carbons (Fsp3) is 0.333. The van der Waals surface area contributed by atoms with E-state index in [4.69, 9.17) is 16.7 Å². The molecular weight excluding hydrogens is 396 g/mol. The van der Waals surface area contributed by atoms with Crippen LogP contribution in [0.3, 0.4) is 0 Å². The molecule has 0 aliphatic carbocycles. The number of aromatic nitrogens is 2. The van der Waals surface area contributed by atoms with Crippen molar-refractivity contribution in [3.05, 3.63) is 70.7 Å². The van der Waals surface area contributed by atoms with Crippen molar-refractivity contribution in [2.45, 2.75) is 32.9 Å². The number of aryl methyl sites for hydroxylation is 1. The normalized spacial score (nSPS) is 11.9. The Morgan fingerprint density at radius 1 is 1.10 bits per heavy atom. The second-order valence-corrected chi connectivity index (χ2v) is 8.11. The van der Waals surface area contributed by atoms with Gasteiger partial charge < -0.3 is 9.80 Å². The first-order valence-electron chi connectivity index (χ1n) is 10.2. The van der Waals surface area contributed by atoms with E-state index in [-0.39, 0.29) is 11.9 Å². The molecule has 1 heterocycles. The quantitative estimate of drug-likeness (QED) is 0.520. The van der Waals surface area contributed by atoms with E-state index >= 15 is 0 Å². The van der Waals surface area contributed by atoms with Crippen molar-refractivity contribution >= 4 is 23.3 Å². The Bertz CT molecular complexity index is 1010. The summed E-state index contributed by atoms with van der Waals surface area (Å²) < 4.78 is 1.88. The zero-order chi connectivity index (χ0) is 21.8. The van der Waals surface area contributed by atoms with Gasteiger partial charge in [-0.3, -0.25) is 9.48 Å². The highest BCUT2D eigenvalue weighted by molar-refractivity contribution is 6.33. The highest BCUT2D eigenvalue weighted by Crippen LogP contribution is 2.32. The van der Waals surface area contributed by atoms with E-state index in [9.17, 15) is 4.79 Å². The molecule has 1 amide bonds. The lowest BCUT2D eigenvalue weighted by Gasteiger charge is -2.30. The molecule has 0 saturated carbocycles. The second kappa shape index (κ2) is 9.35. The summed E-state index contributed by atoms with van der Waals surface area (Å²) in [6.07, 6.45) is 0.842. The highest BCUT2D eigenvalue weighted by atomic mass is 35.5. The fourth-order valence-corrected chi connectivity index (χ4v) is 3.92. The second-order valence-electron chi connectivity index (χ2n) is 7.70. The van der Waals surface area contributed by atoms with Crippen LogP contribution in [0.2, 0.25) is 5.02 Å². The third kappa shape index (κ3) is 4.36. The molecule has 1 aromatic heterocycles. The van der Waals surface area contributed by atoms with Gasteiger partial charge in [0.2, 0.25) is 0 Å². The maximum atomic E-state index is 13.5. The molecule has 0 radical (unpaired) electrons. The Morgan fingerprint density at radius 3 is 2.33 bits per heavy atom. The first-order valence-corrected chi connectivity index (χ1v) is 10.6. The number of carbonyl (C=O) groups excluding carboxylic acids is 1. The molecule has 0 bridgehead atoms. The number of hydrogen-bond acceptors (Lipinski definition) is 3. The van der Waals surface area contributed by atoms with Crippen molar-refractivity contribution in [1.29, 1.82) is 0 Å². The average Bonchev–Trinajstić information content (AvgIpc) is 3.08. The smallest absolute Gasteiger partial charge is 0.255 e. The number of benzene rings is 2. The lowest BCUT2D eigenvalue weighted by atomic mass is 10.0. The summed E-state index contributed by atoms with van der Waals surface area (Å²) >= 11 is 6.35. The van der Waals surface area contributed by atoms with Crippen molar-refractivity contribution in [2.75, 3.05) is 19.0 Å². The number of hydrogen-bond donors (Lipinski definition) is 0. The molecule has 5 nitrogen and oxygen atoms in total. The predicted octanol–water partition coefficient (Wildman–Crippen LogP) is 5.25. The first-order chi connectivity index (χ1) is 14.3. The topological polar surface area (TPSA) is 41.4 Å². The van der Waals surface area contributed by atoms with Crippen LogP contribution in [0, 0.1) is 0 Å². The van der Waals surface area contributed by atoms with Gasteiger partial charge in [0.15, 0.2) is 0 Å². The monoisotopic (exact) mass is 424 g/mol. The highest BCUT2D eigenvalue weighted by Gasteiger charge is 2.27. The zero-order valence-corrected chi connectivity index (χ0v) is 19.0. The minimum Gasteiger partial charge on any atom is -0.363 e. The first kappa shape index (κ1) is 21.9. The number of halogens is 1. The summed E-state index contributed by atoms with van der Waals surface area (Å²) in [5.41, 5.74) is 3.47. The number of carbonyl (C=O) groups is 1. The standard InChI is InChI=1S/C24H29ClN4O/c1-6-17(2)29(24(30)19-14-10-11-15-21(19)25)16-20-22(18-12-8-7-9-13-18)26-28(5)23(20)27(3)4/h7-15,17H,6,16H2,1-5H3/t17-/m1/s1. The fourth-order valence-electron chi connectivity index (χ4n) is 3.70. The van der Waals surface area contributed by atoms with Crippen molar-refractivity contribution in [3.8, 4) is 11.3 Å². The Morgan fingerprint density at radius 2 is 1.73 bits per heavy atom. The van der Waals surface area contributed by atoms with E-state index in [1.54, 1.807) is 12.1 Å². The molecule has 0 spiro atoms. The lowest BCUT2D eigenvalue weighted by Crippen LogP contribution is -2.38. The van der Waals surface area contributed by atoms with Gasteiger partial charge >= 0.3 is 0 Å². The molecule has 30 heavy (non-hydrogen) atoms. The Hall–Kier alpha value is -2.79. The molecule has 6 heteroatoms. The van der Waals surface area contributed by atoms with Crippen molar-refractivity contribution in [1.82, 2.24) is 14.7 Å². The average molecular weight is 425 g/mol. The zero-order valence-electron chi connectivity index (χ0n) is 18.3. The maximum Gasteiger partial charge on any atom is 0.255 e. The van der Waals surface area contributed by atoms with Gasteiger partial charge in [0.25, 0.3) is 5.91 Å². The third-order valence-corrected chi connectivity index (χ3v) is 5.73. The molecule has 0 aliphatic rings. The van der Waals surface area contributed by atoms with Crippen LogP contribution in [-0.4, -0.2) is 40.7 Å². The molecule has 3 rings (SSSR count).